The molecule has 3 N–H and O–H groups in total. The van der Waals surface area contributed by atoms with Gasteiger partial charge in [-0.25, -0.2) is 0 Å². The molecule has 0 aromatic carbocycles. The van der Waals surface area contributed by atoms with Crippen molar-refractivity contribution in [2.75, 3.05) is 6.61 Å². The second-order valence-electron chi connectivity index (χ2n) is 27.5. The quantitative estimate of drug-likeness (QED) is 0.251. The molecule has 32 atom stereocenters. The van der Waals surface area contributed by atoms with Crippen molar-refractivity contribution < 1.29 is 91.2 Å². The van der Waals surface area contributed by atoms with E-state index in [-0.39, 0.29) is 146 Å². The first-order valence-electron chi connectivity index (χ1n) is 30.8. The van der Waals surface area contributed by atoms with Gasteiger partial charge in [0.05, 0.1) is 129 Å². The molecule has 0 aromatic heterocycles. The standard InChI is InChI=1S/C60H86O19/c1-26-13-33-7-9-37-27(2)14-35(65-37)11-12-58-23-46-54(78-58)55-56(72-46)57(79-58)53-38(69-55)10-8-34(67-53)16-48(64)73-52-31(6)51-43(68-42(52)17-39(66-33)30(26)5)19-41-45(71-51)22-60(74-41)24-47-50(77-60)29(4)21-59(76-47)20-28(3)49-44(75-59)18-40(70-49)36(63)15-32(62)25-61/h26,28-29,31-47,49-57,61-63H,2,5,7-25H2,1,3-4,6H3/t26-,28+,29+,31+,32-,33?,34-,35+,36+,37?,38+,39?,40+,41-,42?,43+,44+,45-,46-,47+,49+,50+,51+,52-,53+,54+,55?,56-,57+,58+,59-,60+/m1/s1. The van der Waals surface area contributed by atoms with E-state index in [9.17, 15) is 20.1 Å². The van der Waals surface area contributed by atoms with E-state index in [0.29, 0.717) is 64.2 Å². The highest BCUT2D eigenvalue weighted by Gasteiger charge is 2.70. The van der Waals surface area contributed by atoms with Crippen molar-refractivity contribution >= 4 is 5.97 Å². The predicted molar refractivity (Wildman–Crippen MR) is 274 cm³/mol. The van der Waals surface area contributed by atoms with E-state index in [1.165, 1.54) is 0 Å². The zero-order valence-corrected chi connectivity index (χ0v) is 46.5. The van der Waals surface area contributed by atoms with E-state index < -0.39 is 72.8 Å². The molecule has 16 rings (SSSR count). The Kier molecular flexibility index (Phi) is 13.8. The van der Waals surface area contributed by atoms with Crippen LogP contribution in [0.25, 0.3) is 0 Å². The maximum atomic E-state index is 14.6. The first-order chi connectivity index (χ1) is 38.0. The fourth-order valence-corrected chi connectivity index (χ4v) is 18.2. The fraction of sp³-hybridized carbons (Fsp3) is 0.917. The number of ether oxygens (including phenoxy) is 15. The summed E-state index contributed by atoms with van der Waals surface area (Å²) >= 11 is 0. The average molecular weight is 1110 g/mol. The van der Waals surface area contributed by atoms with Crippen LogP contribution in [0.4, 0.5) is 0 Å². The van der Waals surface area contributed by atoms with Crippen molar-refractivity contribution in [3.05, 3.63) is 24.3 Å². The molecule has 12 bridgehead atoms. The van der Waals surface area contributed by atoms with Gasteiger partial charge in [-0.2, -0.15) is 0 Å². The molecule has 16 heterocycles. The molecular formula is C60H86O19. The van der Waals surface area contributed by atoms with Crippen molar-refractivity contribution in [3.63, 3.8) is 0 Å². The highest BCUT2D eigenvalue weighted by atomic mass is 16.8. The van der Waals surface area contributed by atoms with Crippen molar-refractivity contribution in [3.8, 4) is 0 Å². The summed E-state index contributed by atoms with van der Waals surface area (Å²) in [4.78, 5) is 14.6. The molecule has 440 valence electrons. The molecule has 19 heteroatoms. The van der Waals surface area contributed by atoms with E-state index >= 15 is 0 Å². The van der Waals surface area contributed by atoms with Crippen LogP contribution in [-0.4, -0.2) is 198 Å². The molecule has 79 heavy (non-hydrogen) atoms. The second-order valence-corrected chi connectivity index (χ2v) is 27.5. The molecule has 16 aliphatic heterocycles. The number of carbonyl (C=O) groups excluding carboxylic acids is 1. The van der Waals surface area contributed by atoms with Crippen LogP contribution in [-0.2, 0) is 75.8 Å². The minimum absolute atomic E-state index is 0.0143. The first-order valence-corrected chi connectivity index (χ1v) is 30.8. The lowest BCUT2D eigenvalue weighted by molar-refractivity contribution is -0.347. The lowest BCUT2D eigenvalue weighted by atomic mass is 9.79. The van der Waals surface area contributed by atoms with Gasteiger partial charge in [-0.15, -0.1) is 0 Å². The van der Waals surface area contributed by atoms with Crippen LogP contribution in [0.1, 0.15) is 143 Å². The third-order valence-electron chi connectivity index (χ3n) is 21.9. The van der Waals surface area contributed by atoms with E-state index in [4.69, 9.17) is 71.1 Å². The molecule has 0 radical (unpaired) electrons. The molecule has 16 aliphatic rings. The zero-order valence-electron chi connectivity index (χ0n) is 46.5. The molecule has 0 aliphatic carbocycles. The van der Waals surface area contributed by atoms with Gasteiger partial charge in [0, 0.05) is 70.1 Å². The van der Waals surface area contributed by atoms with Gasteiger partial charge >= 0.3 is 5.97 Å². The minimum Gasteiger partial charge on any atom is -0.459 e. The number of fused-ring (bicyclic) bond motifs is 10. The van der Waals surface area contributed by atoms with E-state index in [1.54, 1.807) is 0 Å². The summed E-state index contributed by atoms with van der Waals surface area (Å²) in [5, 5.41) is 30.3. The Labute approximate surface area is 463 Å². The molecule has 0 saturated carbocycles. The van der Waals surface area contributed by atoms with Gasteiger partial charge in [-0.3, -0.25) is 4.79 Å². The first kappa shape index (κ1) is 54.0. The third-order valence-corrected chi connectivity index (χ3v) is 21.9. The predicted octanol–water partition coefficient (Wildman–Crippen LogP) is 4.93. The summed E-state index contributed by atoms with van der Waals surface area (Å²) in [7, 11) is 0. The molecule has 19 nitrogen and oxygen atoms in total. The van der Waals surface area contributed by atoms with Gasteiger partial charge in [0.15, 0.2) is 17.4 Å². The van der Waals surface area contributed by atoms with Gasteiger partial charge < -0.3 is 86.4 Å². The van der Waals surface area contributed by atoms with Gasteiger partial charge in [-0.1, -0.05) is 40.9 Å². The summed E-state index contributed by atoms with van der Waals surface area (Å²) < 4.78 is 104. The highest BCUT2D eigenvalue weighted by molar-refractivity contribution is 5.70. The lowest BCUT2D eigenvalue weighted by Crippen LogP contribution is -2.62. The van der Waals surface area contributed by atoms with E-state index in [0.717, 1.165) is 49.7 Å². The van der Waals surface area contributed by atoms with Gasteiger partial charge in [0.2, 0.25) is 0 Å². The Hall–Kier alpha value is -1.73. The van der Waals surface area contributed by atoms with Crippen LogP contribution in [0.2, 0.25) is 0 Å². The SMILES string of the molecule is C=C1C[C@@H]2CC[C@@]34C[C@H]5O[C@@H]6C(O[C@H]7CC[C@H](CC(=O)O[C@H]8C(CC9OC(CCC1O2)C[C@@H](C)C9=C)O[C@H]1C[C@H]2O[C@@]9(C[C@@H]%10O[C@]%11(C[C@H](C)[C@@H]%12O[C@H]([C@@H](O)C[C@@H](O)CO)C[C@@H]%12O%11)C[C@H](C)[C@@H]%10O9)C[C@H]2O[C@H]1[C@@H]8C)O[C@@H]7[C@@H]6O3)[C@H]5O4. The number of aliphatic hydroxyl groups excluding tert-OH is 3. The zero-order chi connectivity index (χ0) is 54.0. The van der Waals surface area contributed by atoms with Crippen molar-refractivity contribution in [1.82, 2.24) is 0 Å². The molecular weight excluding hydrogens is 1020 g/mol. The van der Waals surface area contributed by atoms with Crippen LogP contribution < -0.4 is 0 Å². The van der Waals surface area contributed by atoms with Crippen LogP contribution in [0.15, 0.2) is 24.3 Å². The Morgan fingerprint density at radius 3 is 2.03 bits per heavy atom. The van der Waals surface area contributed by atoms with Crippen LogP contribution in [0.5, 0.6) is 0 Å². The molecule has 0 amide bonds. The van der Waals surface area contributed by atoms with Gasteiger partial charge in [0.1, 0.15) is 36.6 Å². The third kappa shape index (κ3) is 9.43. The molecule has 5 unspecified atom stereocenters. The number of rotatable bonds is 4. The van der Waals surface area contributed by atoms with Crippen molar-refractivity contribution in [2.45, 2.75) is 313 Å². The smallest absolute Gasteiger partial charge is 0.308 e. The normalized spacial score (nSPS) is 57.2. The Morgan fingerprint density at radius 2 is 1.18 bits per heavy atom. The number of hydrogen-bond acceptors (Lipinski definition) is 19. The average Bonchev–Trinajstić information content (AvgIpc) is 4.46. The lowest BCUT2D eigenvalue weighted by Gasteiger charge is -2.50. The monoisotopic (exact) mass is 1110 g/mol. The maximum absolute atomic E-state index is 14.6. The number of carbonyl (C=O) groups is 1. The van der Waals surface area contributed by atoms with Gasteiger partial charge in [-0.05, 0) is 73.8 Å². The summed E-state index contributed by atoms with van der Waals surface area (Å²) in [6.07, 6.45) is 2.17. The number of aliphatic hydroxyl groups is 3. The summed E-state index contributed by atoms with van der Waals surface area (Å²) in [5.41, 5.74) is 2.15. The van der Waals surface area contributed by atoms with Crippen LogP contribution in [0.3, 0.4) is 0 Å². The highest BCUT2D eigenvalue weighted by Crippen LogP contribution is 2.58. The Balaban J connectivity index is 0.655. The molecule has 0 aromatic rings. The Bertz CT molecular complexity index is 2340. The summed E-state index contributed by atoms with van der Waals surface area (Å²) in [6, 6.07) is 0. The summed E-state index contributed by atoms with van der Waals surface area (Å²) in [6.45, 7) is 17.4. The minimum atomic E-state index is -1.02. The number of esters is 1. The summed E-state index contributed by atoms with van der Waals surface area (Å²) in [5.74, 6) is -2.77. The van der Waals surface area contributed by atoms with Crippen molar-refractivity contribution in [2.24, 2.45) is 23.7 Å². The molecule has 3 spiro atoms. The van der Waals surface area contributed by atoms with Crippen LogP contribution in [0, 0.1) is 23.7 Å². The van der Waals surface area contributed by atoms with Crippen LogP contribution >= 0.6 is 0 Å². The second kappa shape index (κ2) is 20.2. The van der Waals surface area contributed by atoms with E-state index in [1.807, 2.05) is 0 Å². The van der Waals surface area contributed by atoms with Gasteiger partial charge in [0.25, 0.3) is 0 Å². The van der Waals surface area contributed by atoms with E-state index in [2.05, 4.69) is 40.9 Å². The maximum Gasteiger partial charge on any atom is 0.308 e. The molecule has 16 fully saturated rings. The van der Waals surface area contributed by atoms with Crippen molar-refractivity contribution in [1.29, 1.82) is 0 Å². The molecule has 16 saturated heterocycles. The topological polar surface area (TPSA) is 216 Å². The largest absolute Gasteiger partial charge is 0.459 e. The Morgan fingerprint density at radius 1 is 0.506 bits per heavy atom. The fourth-order valence-electron chi connectivity index (χ4n) is 18.2. The number of hydrogen-bond donors (Lipinski definition) is 3.